The number of ether oxygens (including phenoxy) is 3. The molecular weight excluding hydrogens is 500 g/mol. The second kappa shape index (κ2) is 11.1. The van der Waals surface area contributed by atoms with E-state index in [0.717, 1.165) is 12.1 Å². The highest BCUT2D eigenvalue weighted by molar-refractivity contribution is 5.35. The topological polar surface area (TPSA) is 27.7 Å². The molecule has 36 heavy (non-hydrogen) atoms. The van der Waals surface area contributed by atoms with Crippen LogP contribution in [0.3, 0.4) is 0 Å². The summed E-state index contributed by atoms with van der Waals surface area (Å²) in [4.78, 5) is 0. The van der Waals surface area contributed by atoms with E-state index >= 15 is 0 Å². The monoisotopic (exact) mass is 526 g/mol. The van der Waals surface area contributed by atoms with Gasteiger partial charge in [-0.3, -0.25) is 0 Å². The first kappa shape index (κ1) is 27.9. The Balaban J connectivity index is 1.68. The molecule has 2 aromatic carbocycles. The molecule has 3 nitrogen and oxygen atoms in total. The molecule has 0 amide bonds. The number of rotatable bonds is 10. The lowest BCUT2D eigenvalue weighted by Crippen LogP contribution is -2.37. The molecular formula is C25H26F8O3. The van der Waals surface area contributed by atoms with Gasteiger partial charge in [0.2, 0.25) is 17.5 Å². The van der Waals surface area contributed by atoms with Gasteiger partial charge in [0.1, 0.15) is 0 Å². The fourth-order valence-corrected chi connectivity index (χ4v) is 4.04. The third-order valence-electron chi connectivity index (χ3n) is 6.16. The van der Waals surface area contributed by atoms with E-state index in [1.807, 2.05) is 6.92 Å². The molecule has 0 spiro atoms. The number of halogens is 8. The van der Waals surface area contributed by atoms with Crippen LogP contribution in [0.5, 0.6) is 17.2 Å². The van der Waals surface area contributed by atoms with Crippen molar-refractivity contribution in [3.05, 3.63) is 53.1 Å². The molecule has 0 unspecified atom stereocenters. The van der Waals surface area contributed by atoms with Gasteiger partial charge in [-0.25, -0.2) is 13.2 Å². The molecule has 1 saturated carbocycles. The maximum Gasteiger partial charge on any atom is 0.400 e. The lowest BCUT2D eigenvalue weighted by atomic mass is 9.82. The number of hydrogen-bond acceptors (Lipinski definition) is 3. The summed E-state index contributed by atoms with van der Waals surface area (Å²) in [5.41, 5.74) is -1.41. The second-order valence-electron chi connectivity index (χ2n) is 8.79. The van der Waals surface area contributed by atoms with Crippen LogP contribution in [0, 0.1) is 35.1 Å². The largest absolute Gasteiger partial charge is 0.491 e. The van der Waals surface area contributed by atoms with Gasteiger partial charge in [-0.15, -0.1) is 0 Å². The molecule has 0 aromatic heterocycles. The van der Waals surface area contributed by atoms with Crippen molar-refractivity contribution in [2.24, 2.45) is 11.8 Å². The summed E-state index contributed by atoms with van der Waals surface area (Å²) in [5.74, 6) is -14.1. The summed E-state index contributed by atoms with van der Waals surface area (Å²) >= 11 is 0. The normalized spacial score (nSPS) is 18.7. The van der Waals surface area contributed by atoms with Crippen LogP contribution < -0.4 is 14.2 Å². The van der Waals surface area contributed by atoms with Crippen molar-refractivity contribution in [1.82, 2.24) is 0 Å². The average Bonchev–Trinajstić information content (AvgIpc) is 2.81. The van der Waals surface area contributed by atoms with Gasteiger partial charge in [0.25, 0.3) is 5.92 Å². The molecule has 0 saturated heterocycles. The van der Waals surface area contributed by atoms with E-state index in [1.54, 1.807) is 6.92 Å². The molecule has 0 bridgehead atoms. The Kier molecular flexibility index (Phi) is 8.61. The lowest BCUT2D eigenvalue weighted by molar-refractivity contribution is -0.224. The minimum absolute atomic E-state index is 0.0617. The Labute approximate surface area is 203 Å². The SMILES string of the molecule is CCOc1ccc(OCCC(F)(F)c2ccc(OC(F)(F)C3CCC(C)CC3)c(F)c2F)c(F)c1F. The van der Waals surface area contributed by atoms with Crippen LogP contribution >= 0.6 is 0 Å². The van der Waals surface area contributed by atoms with E-state index in [0.29, 0.717) is 25.0 Å². The molecule has 0 N–H and O–H groups in total. The van der Waals surface area contributed by atoms with Gasteiger partial charge in [0.15, 0.2) is 23.1 Å². The summed E-state index contributed by atoms with van der Waals surface area (Å²) in [6.45, 7) is 2.63. The van der Waals surface area contributed by atoms with Gasteiger partial charge < -0.3 is 14.2 Å². The predicted molar refractivity (Wildman–Crippen MR) is 115 cm³/mol. The predicted octanol–water partition coefficient (Wildman–Crippen LogP) is 8.00. The van der Waals surface area contributed by atoms with E-state index in [-0.39, 0.29) is 25.4 Å². The number of alkyl halides is 4. The first-order chi connectivity index (χ1) is 16.9. The Hall–Kier alpha value is -2.72. The molecule has 0 radical (unpaired) electrons. The molecule has 1 aliphatic carbocycles. The molecule has 2 aromatic rings. The zero-order chi connectivity index (χ0) is 26.7. The van der Waals surface area contributed by atoms with Crippen molar-refractivity contribution in [3.8, 4) is 17.2 Å². The van der Waals surface area contributed by atoms with E-state index in [1.165, 1.54) is 0 Å². The number of benzene rings is 2. The van der Waals surface area contributed by atoms with E-state index in [4.69, 9.17) is 9.47 Å². The van der Waals surface area contributed by atoms with Crippen molar-refractivity contribution in [1.29, 1.82) is 0 Å². The zero-order valence-corrected chi connectivity index (χ0v) is 19.7. The molecule has 1 fully saturated rings. The highest BCUT2D eigenvalue weighted by Crippen LogP contribution is 2.42. The van der Waals surface area contributed by atoms with Gasteiger partial charge in [-0.1, -0.05) is 19.8 Å². The molecule has 3 rings (SSSR count). The molecule has 0 heterocycles. The minimum atomic E-state index is -4.02. The first-order valence-electron chi connectivity index (χ1n) is 11.5. The molecule has 200 valence electrons. The highest BCUT2D eigenvalue weighted by Gasteiger charge is 2.45. The summed E-state index contributed by atoms with van der Waals surface area (Å²) in [6.07, 6.45) is -3.72. The maximum atomic E-state index is 14.6. The molecule has 11 heteroatoms. The second-order valence-corrected chi connectivity index (χ2v) is 8.79. The van der Waals surface area contributed by atoms with E-state index < -0.39 is 77.1 Å². The Morgan fingerprint density at radius 3 is 1.86 bits per heavy atom. The van der Waals surface area contributed by atoms with Crippen molar-refractivity contribution in [2.45, 2.75) is 58.0 Å². The van der Waals surface area contributed by atoms with Crippen LogP contribution in [-0.4, -0.2) is 19.3 Å². The van der Waals surface area contributed by atoms with Gasteiger partial charge in [-0.2, -0.15) is 22.0 Å². The van der Waals surface area contributed by atoms with Crippen LogP contribution in [0.2, 0.25) is 0 Å². The third kappa shape index (κ3) is 6.15. The highest BCUT2D eigenvalue weighted by atomic mass is 19.3. The summed E-state index contributed by atoms with van der Waals surface area (Å²) < 4.78 is 129. The fourth-order valence-electron chi connectivity index (χ4n) is 4.04. The maximum absolute atomic E-state index is 14.6. The third-order valence-corrected chi connectivity index (χ3v) is 6.16. The molecule has 0 aliphatic heterocycles. The van der Waals surface area contributed by atoms with Crippen LogP contribution in [0.1, 0.15) is 51.5 Å². The van der Waals surface area contributed by atoms with Crippen LogP contribution in [0.25, 0.3) is 0 Å². The van der Waals surface area contributed by atoms with E-state index in [2.05, 4.69) is 4.74 Å². The van der Waals surface area contributed by atoms with Crippen LogP contribution in [-0.2, 0) is 5.92 Å². The Bertz CT molecular complexity index is 1050. The average molecular weight is 526 g/mol. The van der Waals surface area contributed by atoms with Gasteiger partial charge in [0, 0.05) is 0 Å². The first-order valence-corrected chi connectivity index (χ1v) is 11.5. The van der Waals surface area contributed by atoms with Crippen molar-refractivity contribution < 1.29 is 49.3 Å². The van der Waals surface area contributed by atoms with Gasteiger partial charge in [-0.05, 0) is 49.9 Å². The summed E-state index contributed by atoms with van der Waals surface area (Å²) in [6, 6.07) is 2.99. The minimum Gasteiger partial charge on any atom is -0.491 e. The van der Waals surface area contributed by atoms with Crippen molar-refractivity contribution >= 4 is 0 Å². The summed E-state index contributed by atoms with van der Waals surface area (Å²) in [7, 11) is 0. The van der Waals surface area contributed by atoms with E-state index in [9.17, 15) is 35.1 Å². The molecule has 0 atom stereocenters. The Morgan fingerprint density at radius 1 is 0.750 bits per heavy atom. The van der Waals surface area contributed by atoms with Gasteiger partial charge in [0.05, 0.1) is 31.1 Å². The lowest BCUT2D eigenvalue weighted by Gasteiger charge is -2.32. The van der Waals surface area contributed by atoms with Crippen LogP contribution in [0.4, 0.5) is 35.1 Å². The van der Waals surface area contributed by atoms with Crippen molar-refractivity contribution in [2.75, 3.05) is 13.2 Å². The van der Waals surface area contributed by atoms with Crippen molar-refractivity contribution in [3.63, 3.8) is 0 Å². The Morgan fingerprint density at radius 2 is 1.28 bits per heavy atom. The quantitative estimate of drug-likeness (QED) is 0.294. The zero-order valence-electron chi connectivity index (χ0n) is 19.7. The molecule has 1 aliphatic rings. The smallest absolute Gasteiger partial charge is 0.400 e. The standard InChI is InChI=1S/C25H26F8O3/c1-3-34-17-10-11-18(22(28)21(17)27)35-13-12-24(30,31)16-8-9-19(23(29)20(16)26)36-25(32,33)15-6-4-14(2)5-7-15/h8-11,14-15H,3-7,12-13H2,1-2H3. The number of hydrogen-bond donors (Lipinski definition) is 0. The van der Waals surface area contributed by atoms with Gasteiger partial charge >= 0.3 is 6.11 Å². The fraction of sp³-hybridized carbons (Fsp3) is 0.520. The summed E-state index contributed by atoms with van der Waals surface area (Å²) in [5, 5.41) is 0. The van der Waals surface area contributed by atoms with Crippen LogP contribution in [0.15, 0.2) is 24.3 Å².